The van der Waals surface area contributed by atoms with Gasteiger partial charge >= 0.3 is 43.2 Å². The molecule has 7 nitrogen and oxygen atoms in total. The molecule has 0 fully saturated rings. The predicted molar refractivity (Wildman–Crippen MR) is 62.3 cm³/mol. The van der Waals surface area contributed by atoms with E-state index < -0.39 is 68.9 Å². The molecule has 1 N–H and O–H groups in total. The van der Waals surface area contributed by atoms with E-state index in [2.05, 4.69) is 14.6 Å². The van der Waals surface area contributed by atoms with Crippen LogP contribution < -0.4 is 0 Å². The number of aliphatic hydroxyl groups is 1. The number of halogens is 10. The maximum atomic E-state index is 13.3. The third-order valence-electron chi connectivity index (χ3n) is 2.47. The second-order valence-electron chi connectivity index (χ2n) is 4.42. The van der Waals surface area contributed by atoms with Crippen molar-refractivity contribution in [1.82, 2.24) is 0 Å². The highest BCUT2D eigenvalue weighted by Crippen LogP contribution is 2.44. The molecule has 0 amide bonds. The van der Waals surface area contributed by atoms with Gasteiger partial charge in [0.2, 0.25) is 1.43 Å². The molecule has 0 aromatic rings. The summed E-state index contributed by atoms with van der Waals surface area (Å²) in [7, 11) is -14.8. The minimum absolute atomic E-state index is 1.88. The van der Waals surface area contributed by atoms with Gasteiger partial charge in [0.25, 0.3) is 0 Å². The molecule has 27 heavy (non-hydrogen) atoms. The molecule has 2 atom stereocenters. The Morgan fingerprint density at radius 2 is 1.26 bits per heavy atom. The van der Waals surface area contributed by atoms with E-state index in [-0.39, 0.29) is 0 Å². The Balaban J connectivity index is 5.98. The van der Waals surface area contributed by atoms with Crippen LogP contribution in [0.15, 0.2) is 0 Å². The molecule has 0 spiro atoms. The zero-order valence-corrected chi connectivity index (χ0v) is 13.7. The Labute approximate surface area is 147 Å². The first kappa shape index (κ1) is 22.4. The second-order valence-corrected chi connectivity index (χ2v) is 7.20. The van der Waals surface area contributed by atoms with Crippen LogP contribution in [-0.4, -0.2) is 64.9 Å². The Morgan fingerprint density at radius 3 is 1.56 bits per heavy atom. The van der Waals surface area contributed by atoms with Gasteiger partial charge in [-0.1, -0.05) is 7.77 Å². The first-order valence-corrected chi connectivity index (χ1v) is 8.48. The van der Waals surface area contributed by atoms with Gasteiger partial charge in [0.1, 0.15) is 6.10 Å². The molecule has 0 aromatic carbocycles. The van der Waals surface area contributed by atoms with Crippen LogP contribution >= 0.6 is 0 Å². The lowest BCUT2D eigenvalue weighted by Gasteiger charge is -2.32. The molecule has 0 aliphatic rings. The fourth-order valence-corrected chi connectivity index (χ4v) is 1.76. The Bertz CT molecular complexity index is 775. The summed E-state index contributed by atoms with van der Waals surface area (Å²) < 4.78 is 189. The first-order valence-electron chi connectivity index (χ1n) is 6.83. The van der Waals surface area contributed by atoms with Crippen LogP contribution in [-0.2, 0) is 29.9 Å². The number of ether oxygens (including phenoxy) is 2. The van der Waals surface area contributed by atoms with Gasteiger partial charge in [0.15, 0.2) is 0 Å². The minimum Gasteiger partial charge on any atom is -0.394 e. The van der Waals surface area contributed by atoms with Crippen LogP contribution in [0.5, 0.6) is 0 Å². The van der Waals surface area contributed by atoms with Crippen molar-refractivity contribution >= 4 is 20.4 Å². The topological polar surface area (TPSA) is 107 Å². The second kappa shape index (κ2) is 7.48. The number of aliphatic hydroxyl groups excluding tert-OH is 1. The molecule has 0 aliphatic carbocycles. The molecule has 19 heteroatoms. The van der Waals surface area contributed by atoms with Gasteiger partial charge in [0.05, 0.1) is 12.7 Å². The fourth-order valence-electron chi connectivity index (χ4n) is 1.09. The number of rotatable bonds is 11. The molecular weight excluding hydrogens is 462 g/mol. The summed E-state index contributed by atoms with van der Waals surface area (Å²) in [6, 6.07) is 0. The highest BCUT2D eigenvalue weighted by Gasteiger charge is 2.71. The van der Waals surface area contributed by atoms with E-state index in [1.165, 1.54) is 0 Å². The van der Waals surface area contributed by atoms with E-state index >= 15 is 0 Å². The average Bonchev–Trinajstić information content (AvgIpc) is 2.49. The molecule has 0 radical (unpaired) electrons. The Hall–Kier alpha value is -0.920. The van der Waals surface area contributed by atoms with Crippen LogP contribution in [0.3, 0.4) is 0 Å². The van der Waals surface area contributed by atoms with E-state index in [9.17, 15) is 59.7 Å². The van der Waals surface area contributed by atoms with Crippen molar-refractivity contribution in [1.29, 1.82) is 1.43 Å². The van der Waals surface area contributed by atoms with Crippen molar-refractivity contribution in [2.24, 2.45) is 0 Å². The van der Waals surface area contributed by atoms with Gasteiger partial charge in [-0.05, 0) is 6.90 Å². The van der Waals surface area contributed by atoms with Gasteiger partial charge in [0, 0.05) is 1.37 Å². The molecule has 2 unspecified atom stereocenters. The van der Waals surface area contributed by atoms with Crippen LogP contribution in [0.2, 0.25) is 0 Å². The maximum Gasteiger partial charge on any atom is 0.464 e. The summed E-state index contributed by atoms with van der Waals surface area (Å²) >= 11 is 0. The Morgan fingerprint density at radius 1 is 0.889 bits per heavy atom. The molecular formula is C8H8F10O7S2. The highest BCUT2D eigenvalue weighted by molar-refractivity contribution is 7.87. The van der Waals surface area contributed by atoms with Gasteiger partial charge in [-0.2, -0.15) is 52.0 Å². The lowest BCUT2D eigenvalue weighted by atomic mass is 10.2. The zero-order chi connectivity index (χ0) is 23.7. The number of hydrogen-bond donors (Lipinski definition) is 1. The summed E-state index contributed by atoms with van der Waals surface area (Å²) in [4.78, 5) is 0. The fraction of sp³-hybridized carbons (Fsp3) is 1.00. The minimum atomic E-state index is -7.41. The maximum absolute atomic E-state index is 13.3. The first-order chi connectivity index (χ1) is 12.6. The zero-order valence-electron chi connectivity index (χ0n) is 14.0. The van der Waals surface area contributed by atoms with Crippen molar-refractivity contribution in [3.8, 4) is 0 Å². The summed E-state index contributed by atoms with van der Waals surface area (Å²) in [5.74, 6) is 0. The summed E-state index contributed by atoms with van der Waals surface area (Å²) in [5, 5.41) is -10.0. The lowest BCUT2D eigenvalue weighted by molar-refractivity contribution is -0.376. The SMILES string of the molecule is [3H]CC(OC(F)(F)C(F)(F)S(=O)(=O)F)C(CO[3H])OC(F)(F)C(F)(F)S(=O)(=O)F. The van der Waals surface area contributed by atoms with Gasteiger partial charge in [-0.15, -0.1) is 0 Å². The van der Waals surface area contributed by atoms with Gasteiger partial charge < -0.3 is 14.6 Å². The van der Waals surface area contributed by atoms with Gasteiger partial charge in [-0.25, -0.2) is 0 Å². The van der Waals surface area contributed by atoms with Crippen molar-refractivity contribution in [3.05, 3.63) is 0 Å². The van der Waals surface area contributed by atoms with Crippen molar-refractivity contribution in [2.45, 2.75) is 41.8 Å². The summed E-state index contributed by atoms with van der Waals surface area (Å²) in [6.45, 7) is -3.79. The Kier molecular flexibility index (Phi) is 6.20. The van der Waals surface area contributed by atoms with Crippen LogP contribution in [0, 0.1) is 0 Å². The third kappa shape index (κ3) is 5.12. The monoisotopic (exact) mass is 474 g/mol. The quantitative estimate of drug-likeness (QED) is 0.359. The van der Waals surface area contributed by atoms with E-state index in [0.717, 1.165) is 0 Å². The van der Waals surface area contributed by atoms with E-state index in [4.69, 9.17) is 2.80 Å². The molecule has 0 saturated carbocycles. The van der Waals surface area contributed by atoms with E-state index in [0.29, 0.717) is 0 Å². The molecule has 0 bridgehead atoms. The van der Waals surface area contributed by atoms with Crippen molar-refractivity contribution < 1.29 is 75.7 Å². The largest absolute Gasteiger partial charge is 0.464 e. The van der Waals surface area contributed by atoms with Crippen LogP contribution in [0.25, 0.3) is 0 Å². The summed E-state index contributed by atoms with van der Waals surface area (Å²) in [6.07, 6.45) is -19.4. The van der Waals surface area contributed by atoms with Crippen LogP contribution in [0.4, 0.5) is 42.9 Å². The third-order valence-corrected chi connectivity index (χ3v) is 4.17. The van der Waals surface area contributed by atoms with Crippen molar-refractivity contribution in [2.75, 3.05) is 6.61 Å². The molecule has 0 saturated heterocycles. The van der Waals surface area contributed by atoms with Crippen molar-refractivity contribution in [3.63, 3.8) is 0 Å². The lowest BCUT2D eigenvalue weighted by Crippen LogP contribution is -2.54. The summed E-state index contributed by atoms with van der Waals surface area (Å²) in [5.41, 5.74) is 0. The van der Waals surface area contributed by atoms with Gasteiger partial charge in [-0.3, -0.25) is 0 Å². The number of alkyl halides is 8. The average molecular weight is 474 g/mol. The molecule has 164 valence electrons. The van der Waals surface area contributed by atoms with Crippen LogP contribution in [0.1, 0.15) is 8.27 Å². The standard InChI is InChI=1S/C8H8F10O7S2/c1-3(24-5(9,10)7(13,14)26(17,20)21)4(2-19)25-6(11,12)8(15,16)27(18,22)23/h3-4,19H,2H2,1H3/i1T,19T. The molecule has 0 aliphatic heterocycles. The normalized spacial score (nSPS) is 18.6. The predicted octanol–water partition coefficient (Wildman–Crippen LogP) is 1.74. The molecule has 0 rings (SSSR count). The highest BCUT2D eigenvalue weighted by atomic mass is 32.3. The smallest absolute Gasteiger partial charge is 0.394 e. The molecule has 0 heterocycles. The van der Waals surface area contributed by atoms with E-state index in [1.54, 1.807) is 0 Å². The number of hydrogen-bond acceptors (Lipinski definition) is 7. The van der Waals surface area contributed by atoms with E-state index in [1.807, 2.05) is 0 Å². The molecule has 0 aromatic heterocycles.